The van der Waals surface area contributed by atoms with Gasteiger partial charge in [-0.25, -0.2) is 0 Å². The van der Waals surface area contributed by atoms with E-state index in [4.69, 9.17) is 0 Å². The zero-order chi connectivity index (χ0) is 38.8. The number of aliphatic hydroxyl groups is 1. The van der Waals surface area contributed by atoms with Crippen LogP contribution in [0.2, 0.25) is 0 Å². The zero-order valence-corrected chi connectivity index (χ0v) is 32.8. The lowest BCUT2D eigenvalue weighted by atomic mass is 9.53. The van der Waals surface area contributed by atoms with E-state index in [-0.39, 0.29) is 0 Å². The van der Waals surface area contributed by atoms with Crippen molar-refractivity contribution in [3.8, 4) is 0 Å². The molecule has 4 aliphatic carbocycles. The summed E-state index contributed by atoms with van der Waals surface area (Å²) in [6.07, 6.45) is 0. The summed E-state index contributed by atoms with van der Waals surface area (Å²) < 4.78 is 0. The van der Waals surface area contributed by atoms with Crippen molar-refractivity contribution in [1.29, 1.82) is 0 Å². The third kappa shape index (κ3) is 1.17. The van der Waals surface area contributed by atoms with Gasteiger partial charge in [0.1, 0.15) is 11.0 Å². The van der Waals surface area contributed by atoms with Gasteiger partial charge in [-0.05, 0) is 309 Å². The summed E-state index contributed by atoms with van der Waals surface area (Å²) >= 11 is 0. The van der Waals surface area contributed by atoms with Gasteiger partial charge in [-0.3, -0.25) is 0 Å². The first-order valence-corrected chi connectivity index (χ1v) is 23.9. The minimum absolute atomic E-state index is 0.648. The summed E-state index contributed by atoms with van der Waals surface area (Å²) in [6, 6.07) is 0. The Morgan fingerprint density at radius 3 is 0.492 bits per heavy atom. The third-order valence-corrected chi connectivity index (χ3v) is 24.0. The lowest BCUT2D eigenvalue weighted by molar-refractivity contribution is 0.0466. The van der Waals surface area contributed by atoms with Crippen LogP contribution >= 0.6 is 0 Å². The smallest absolute Gasteiger partial charge is 0.136 e. The molecular formula is C62H5NO2. The van der Waals surface area contributed by atoms with E-state index in [0.717, 1.165) is 11.1 Å². The molecule has 0 unspecified atom stereocenters. The van der Waals surface area contributed by atoms with Crippen LogP contribution in [0, 0.1) is 0 Å². The Morgan fingerprint density at radius 1 is 0.231 bits per heavy atom. The van der Waals surface area contributed by atoms with Crippen molar-refractivity contribution < 1.29 is 10.3 Å². The largest absolute Gasteiger partial charge is 0.411 e. The molecule has 3 nitrogen and oxygen atoms in total. The van der Waals surface area contributed by atoms with Crippen LogP contribution in [0.5, 0.6) is 0 Å². The van der Waals surface area contributed by atoms with E-state index in [1.807, 2.05) is 0 Å². The Morgan fingerprint density at radius 2 is 0.354 bits per heavy atom. The Balaban J connectivity index is 1.30. The normalized spacial score (nSPS) is 22.9. The molecular weight excluding hydrogens is 791 g/mol. The maximum Gasteiger partial charge on any atom is 0.136 e. The van der Waals surface area contributed by atoms with E-state index in [2.05, 4.69) is 12.1 Å². The van der Waals surface area contributed by atoms with Crippen molar-refractivity contribution in [2.75, 3.05) is 0 Å². The number of nitrogens with zero attached hydrogens (tertiary/aromatic N) is 1. The molecule has 0 saturated carbocycles. The summed E-state index contributed by atoms with van der Waals surface area (Å²) in [5.74, 6) is 0. The van der Waals surface area contributed by atoms with Crippen LogP contribution in [0.1, 0.15) is 29.2 Å². The predicted molar refractivity (Wildman–Crippen MR) is 271 cm³/mol. The molecule has 0 saturated heterocycles. The molecule has 0 fully saturated rings. The average molecular weight is 796 g/mol. The Kier molecular flexibility index (Phi) is 1.84. The van der Waals surface area contributed by atoms with Crippen LogP contribution in [0.15, 0.2) is 5.16 Å². The lowest BCUT2D eigenvalue weighted by Crippen LogP contribution is -2.56. The maximum absolute atomic E-state index is 15.6. The standard InChI is InChI=1S/C62H5NO2/c1-2(63-65)61-57-49-41-31-21-13-5-3-4-7-11-9(5)17-25-19(11)29-23-15(7)16-8(4)12-10-6(3)14(13)22-28-18(10)26-20(12)30-24(16)34-33(23)45-39(29)47-37(25)43(35(41)27(17)21)51(57)53(47)59-55(45)56-46(34)40(30)48-38(26)44-36(28)42(32(22)31)50(49)58(61)52(44)54(48)60(56)62(59,61)64/h64-65H,1H3/b63-2+. The molecule has 65 heavy (non-hydrogen) atoms. The van der Waals surface area contributed by atoms with Gasteiger partial charge in [0, 0.05) is 11.1 Å². The van der Waals surface area contributed by atoms with Gasteiger partial charge < -0.3 is 10.3 Å². The molecule has 0 aromatic heterocycles. The predicted octanol–water partition coefficient (Wildman–Crippen LogP) is 16.1. The lowest BCUT2D eigenvalue weighted by Gasteiger charge is -2.50. The van der Waals surface area contributed by atoms with Gasteiger partial charge >= 0.3 is 0 Å². The highest BCUT2D eigenvalue weighted by molar-refractivity contribution is 6.82. The summed E-state index contributed by atoms with van der Waals surface area (Å²) in [5, 5.41) is 113. The van der Waals surface area contributed by atoms with E-state index in [1.54, 1.807) is 97.0 Å². The summed E-state index contributed by atoms with van der Waals surface area (Å²) in [4.78, 5) is 0. The fourth-order valence-electron chi connectivity index (χ4n) is 23.9. The van der Waals surface area contributed by atoms with Gasteiger partial charge in [-0.2, -0.15) is 0 Å². The summed E-state index contributed by atoms with van der Waals surface area (Å²) in [5.41, 5.74) is 2.93. The van der Waals surface area contributed by atoms with Crippen molar-refractivity contribution in [1.82, 2.24) is 0 Å². The van der Waals surface area contributed by atoms with Crippen LogP contribution in [-0.4, -0.2) is 16.0 Å². The van der Waals surface area contributed by atoms with Crippen LogP contribution in [0.4, 0.5) is 0 Å². The van der Waals surface area contributed by atoms with E-state index >= 15 is 5.11 Å². The first-order chi connectivity index (χ1) is 32.2. The van der Waals surface area contributed by atoms with E-state index in [1.165, 1.54) is 205 Å². The molecule has 4 aliphatic rings. The zero-order valence-electron chi connectivity index (χ0n) is 32.8. The first-order valence-electron chi connectivity index (χ1n) is 23.9. The van der Waals surface area contributed by atoms with Crippen LogP contribution in [0.25, 0.3) is 291 Å². The van der Waals surface area contributed by atoms with Crippen molar-refractivity contribution >= 4 is 297 Å². The number of hydrogen-bond donors (Lipinski definition) is 2. The molecule has 28 aromatic carbocycles. The van der Waals surface area contributed by atoms with Crippen LogP contribution in [0.3, 0.4) is 0 Å². The molecule has 0 heterocycles. The van der Waals surface area contributed by atoms with E-state index in [9.17, 15) is 5.21 Å². The minimum atomic E-state index is -1.46. The molecule has 2 N–H and O–H groups in total. The number of hydrogen-bond acceptors (Lipinski definition) is 3. The summed E-state index contributed by atoms with van der Waals surface area (Å²) in [6.45, 7) is 2.09. The van der Waals surface area contributed by atoms with Gasteiger partial charge in [0.15, 0.2) is 0 Å². The highest BCUT2D eigenvalue weighted by atomic mass is 16.4. The molecule has 0 bridgehead atoms. The highest BCUT2D eigenvalue weighted by Crippen LogP contribution is 2.84. The summed E-state index contributed by atoms with van der Waals surface area (Å²) in [7, 11) is 0. The number of oxime groups is 1. The van der Waals surface area contributed by atoms with Gasteiger partial charge in [-0.1, -0.05) is 5.16 Å². The van der Waals surface area contributed by atoms with Gasteiger partial charge in [0.25, 0.3) is 0 Å². The topological polar surface area (TPSA) is 52.8 Å². The molecule has 0 radical (unpaired) electrons. The second-order valence-electron chi connectivity index (χ2n) is 23.9. The van der Waals surface area contributed by atoms with Crippen LogP contribution in [-0.2, 0) is 11.0 Å². The molecule has 0 spiro atoms. The Bertz CT molecular complexity index is 6840. The molecule has 270 valence electrons. The second-order valence-corrected chi connectivity index (χ2v) is 23.9. The minimum Gasteiger partial charge on any atom is -0.411 e. The molecule has 28 aromatic rings. The fraction of sp³-hybridized carbons (Fsp3) is 0.0484. The van der Waals surface area contributed by atoms with E-state index in [0.29, 0.717) is 5.71 Å². The Labute approximate surface area is 350 Å². The molecule has 0 atom stereocenters. The van der Waals surface area contributed by atoms with Gasteiger partial charge in [0.05, 0.1) is 5.71 Å². The van der Waals surface area contributed by atoms with E-state index < -0.39 is 11.0 Å². The van der Waals surface area contributed by atoms with Gasteiger partial charge in [0.2, 0.25) is 0 Å². The monoisotopic (exact) mass is 795 g/mol. The number of rotatable bonds is 1. The Hall–Kier alpha value is -8.11. The molecule has 0 aliphatic heterocycles. The quantitative estimate of drug-likeness (QED) is 0.0752. The highest BCUT2D eigenvalue weighted by Gasteiger charge is 2.71. The molecule has 32 rings (SSSR count). The number of benzene rings is 18. The van der Waals surface area contributed by atoms with Crippen molar-refractivity contribution in [3.63, 3.8) is 0 Å². The molecule has 0 amide bonds. The van der Waals surface area contributed by atoms with Crippen molar-refractivity contribution in [2.45, 2.75) is 17.9 Å². The van der Waals surface area contributed by atoms with Crippen molar-refractivity contribution in [3.05, 3.63) is 22.3 Å². The second kappa shape index (κ2) is 5.09. The third-order valence-electron chi connectivity index (χ3n) is 24.0. The van der Waals surface area contributed by atoms with Gasteiger partial charge in [-0.15, -0.1) is 0 Å². The van der Waals surface area contributed by atoms with Crippen molar-refractivity contribution in [2.24, 2.45) is 5.16 Å². The van der Waals surface area contributed by atoms with Crippen LogP contribution < -0.4 is 0 Å². The fourth-order valence-corrected chi connectivity index (χ4v) is 23.9. The first kappa shape index (κ1) is 23.5. The maximum atomic E-state index is 15.6. The molecule has 3 heteroatoms. The average Bonchev–Trinajstić information content (AvgIpc) is 4.16. The SMILES string of the molecule is C/C(=N\O)C12c3c4c5c6c7c8c(c9c%10c1c1c3c3c%11c4c4c5c5c7c7c%12c8c8c9c9c%10c%10c1c1c3c3c%11c%11c4c4c5c7c5c7c%12c8c8c9c9c%10c1c1c3c3c%11c4c5c4c7c8c9c1c34)C62O.